The number of urea groups is 1. The summed E-state index contributed by atoms with van der Waals surface area (Å²) < 4.78 is 10.6. The fourth-order valence-electron chi connectivity index (χ4n) is 5.23. The fraction of sp³-hybridized carbons (Fsp3) is 0.467. The number of fused-ring (bicyclic) bond motifs is 1. The second-order valence-corrected chi connectivity index (χ2v) is 13.1. The molecule has 1 aromatic carbocycles. The van der Waals surface area contributed by atoms with Gasteiger partial charge in [-0.2, -0.15) is 0 Å². The van der Waals surface area contributed by atoms with E-state index in [1.807, 2.05) is 0 Å². The van der Waals surface area contributed by atoms with Gasteiger partial charge in [-0.05, 0) is 45.4 Å². The number of nitrogens with one attached hydrogen (secondary N) is 3. The Labute approximate surface area is 279 Å². The lowest BCUT2D eigenvalue weighted by atomic mass is 9.96. The van der Waals surface area contributed by atoms with Crippen LogP contribution in [0.1, 0.15) is 46.2 Å². The summed E-state index contributed by atoms with van der Waals surface area (Å²) in [7, 11) is 0. The van der Waals surface area contributed by atoms with E-state index < -0.39 is 64.3 Å². The lowest BCUT2D eigenvalue weighted by Crippen LogP contribution is -2.83. The van der Waals surface area contributed by atoms with Crippen molar-refractivity contribution in [2.45, 2.75) is 57.3 Å². The van der Waals surface area contributed by atoms with E-state index in [9.17, 15) is 43.5 Å². The van der Waals surface area contributed by atoms with Crippen molar-refractivity contribution in [1.82, 2.24) is 30.7 Å². The molecule has 3 aliphatic rings. The van der Waals surface area contributed by atoms with Crippen LogP contribution in [0.4, 0.5) is 4.79 Å². The summed E-state index contributed by atoms with van der Waals surface area (Å²) in [6.45, 7) is 7.53. The molecule has 4 rings (SSSR count). The number of rotatable bonds is 10. The van der Waals surface area contributed by atoms with E-state index in [4.69, 9.17) is 9.47 Å². The number of piperazine rings is 1. The average Bonchev–Trinajstić information content (AvgIpc) is 3.02. The van der Waals surface area contributed by atoms with Crippen LogP contribution in [0.2, 0.25) is 0 Å². The average molecular weight is 689 g/mol. The molecular formula is C30H36N6O11S. The molecule has 258 valence electrons. The standard InChI is InChI=1S/C30H36N6O11S/c1-6-34-11-12-35(26(43)25(34)42)28(45)32-20(17-7-9-19(39)10-8-17)23(40)33-22-24(41)36-21(27(44)47-29(3,4)5)18(13-46-16(2)38)14-48-30(22,36)31-15-37/h7-10,15,20,22,39H,6,11-14H2,1-5H3,(H,31,37)(H,32,45)(H,33,40)/t20?,22-,30?/m0/s1. The van der Waals surface area contributed by atoms with Gasteiger partial charge in [-0.3, -0.25) is 38.6 Å². The maximum atomic E-state index is 13.9. The summed E-state index contributed by atoms with van der Waals surface area (Å²) in [4.78, 5) is 104. The molecule has 0 spiro atoms. The van der Waals surface area contributed by atoms with Crippen LogP contribution in [0.3, 0.4) is 0 Å². The summed E-state index contributed by atoms with van der Waals surface area (Å²) in [6, 6.07) is 1.06. The minimum atomic E-state index is -1.73. The number of thioether (sulfide) groups is 1. The summed E-state index contributed by atoms with van der Waals surface area (Å²) in [5.74, 6) is -5.52. The van der Waals surface area contributed by atoms with E-state index in [-0.39, 0.29) is 61.0 Å². The van der Waals surface area contributed by atoms with Gasteiger partial charge >= 0.3 is 29.8 Å². The number of hydrogen-bond donors (Lipinski definition) is 4. The molecule has 3 atom stereocenters. The first-order chi connectivity index (χ1) is 22.5. The number of β-lactam (4-membered cyclic amide) rings is 1. The Morgan fingerprint density at radius 3 is 2.35 bits per heavy atom. The van der Waals surface area contributed by atoms with Crippen molar-refractivity contribution in [3.05, 3.63) is 41.1 Å². The number of phenolic OH excluding ortho intramolecular Hbond substituents is 1. The molecule has 2 saturated heterocycles. The first-order valence-electron chi connectivity index (χ1n) is 14.8. The van der Waals surface area contributed by atoms with Gasteiger partial charge in [0.25, 0.3) is 5.91 Å². The topological polar surface area (TPSA) is 221 Å². The zero-order chi connectivity index (χ0) is 35.6. The van der Waals surface area contributed by atoms with E-state index in [0.717, 1.165) is 16.7 Å². The van der Waals surface area contributed by atoms with Gasteiger partial charge in [-0.15, -0.1) is 11.8 Å². The highest BCUT2D eigenvalue weighted by Crippen LogP contribution is 2.48. The Hall–Kier alpha value is -5.13. The number of benzene rings is 1. The number of imide groups is 1. The minimum Gasteiger partial charge on any atom is -0.508 e. The predicted molar refractivity (Wildman–Crippen MR) is 166 cm³/mol. The molecule has 18 heteroatoms. The maximum Gasteiger partial charge on any atom is 0.355 e. The van der Waals surface area contributed by atoms with Gasteiger partial charge in [0.05, 0.1) is 0 Å². The number of aromatic hydroxyl groups is 1. The molecule has 0 saturated carbocycles. The molecule has 4 N–H and O–H groups in total. The van der Waals surface area contributed by atoms with Crippen LogP contribution in [0, 0.1) is 0 Å². The number of likely N-dealkylation sites (N-methyl/N-ethyl adjacent to an activating group) is 1. The third-order valence-corrected chi connectivity index (χ3v) is 8.97. The van der Waals surface area contributed by atoms with E-state index >= 15 is 0 Å². The minimum absolute atomic E-state index is 0.0309. The second-order valence-electron chi connectivity index (χ2n) is 11.9. The third kappa shape index (κ3) is 7.07. The number of hydrogen-bond acceptors (Lipinski definition) is 12. The summed E-state index contributed by atoms with van der Waals surface area (Å²) in [5.41, 5.74) is -0.899. The van der Waals surface area contributed by atoms with Gasteiger partial charge in [-0.1, -0.05) is 12.1 Å². The number of phenols is 1. The number of carbonyl (C=O) groups is 8. The highest BCUT2D eigenvalue weighted by atomic mass is 32.2. The normalized spacial score (nSPS) is 21.5. The van der Waals surface area contributed by atoms with Crippen molar-refractivity contribution in [1.29, 1.82) is 0 Å². The zero-order valence-corrected chi connectivity index (χ0v) is 27.7. The predicted octanol–water partition coefficient (Wildman–Crippen LogP) is -0.534. The number of nitrogens with zero attached hydrogens (tertiary/aromatic N) is 3. The van der Waals surface area contributed by atoms with Gasteiger partial charge in [0, 0.05) is 37.9 Å². The molecule has 0 bridgehead atoms. The number of ether oxygens (including phenoxy) is 2. The fourth-order valence-corrected chi connectivity index (χ4v) is 6.61. The monoisotopic (exact) mass is 688 g/mol. The smallest absolute Gasteiger partial charge is 0.355 e. The summed E-state index contributed by atoms with van der Waals surface area (Å²) in [6.07, 6.45) is 0.285. The van der Waals surface area contributed by atoms with Crippen LogP contribution in [0.15, 0.2) is 35.5 Å². The molecule has 48 heavy (non-hydrogen) atoms. The van der Waals surface area contributed by atoms with Crippen molar-refractivity contribution >= 4 is 59.8 Å². The van der Waals surface area contributed by atoms with Crippen molar-refractivity contribution in [2.24, 2.45) is 0 Å². The van der Waals surface area contributed by atoms with E-state index in [1.54, 1.807) is 27.7 Å². The van der Waals surface area contributed by atoms with Gasteiger partial charge < -0.3 is 35.4 Å². The molecular weight excluding hydrogens is 652 g/mol. The van der Waals surface area contributed by atoms with Crippen LogP contribution in [-0.2, 0) is 43.0 Å². The van der Waals surface area contributed by atoms with Crippen LogP contribution in [0.25, 0.3) is 0 Å². The lowest BCUT2D eigenvalue weighted by molar-refractivity contribution is -0.166. The van der Waals surface area contributed by atoms with E-state index in [2.05, 4.69) is 16.0 Å². The highest BCUT2D eigenvalue weighted by molar-refractivity contribution is 8.01. The molecule has 3 heterocycles. The van der Waals surface area contributed by atoms with Crippen molar-refractivity contribution in [2.75, 3.05) is 32.0 Å². The third-order valence-electron chi connectivity index (χ3n) is 7.50. The lowest BCUT2D eigenvalue weighted by Gasteiger charge is -2.58. The molecule has 0 aliphatic carbocycles. The van der Waals surface area contributed by atoms with Crippen LogP contribution in [-0.4, -0.2) is 116 Å². The van der Waals surface area contributed by atoms with Gasteiger partial charge in [0.15, 0.2) is 11.0 Å². The summed E-state index contributed by atoms with van der Waals surface area (Å²) >= 11 is 0.962. The van der Waals surface area contributed by atoms with Crippen LogP contribution >= 0.6 is 11.8 Å². The Morgan fingerprint density at radius 2 is 1.77 bits per heavy atom. The molecule has 0 radical (unpaired) electrons. The second kappa shape index (κ2) is 13.9. The van der Waals surface area contributed by atoms with E-state index in [1.165, 1.54) is 36.1 Å². The Bertz CT molecular complexity index is 1570. The quantitative estimate of drug-likeness (QED) is 0.105. The van der Waals surface area contributed by atoms with Crippen molar-refractivity contribution in [3.63, 3.8) is 0 Å². The Morgan fingerprint density at radius 1 is 1.10 bits per heavy atom. The van der Waals surface area contributed by atoms with Gasteiger partial charge in [0.1, 0.15) is 29.7 Å². The summed E-state index contributed by atoms with van der Waals surface area (Å²) in [5, 5.41) is 17.3. The Kier molecular flexibility index (Phi) is 10.4. The number of esters is 2. The molecule has 7 amide bonds. The maximum absolute atomic E-state index is 13.9. The molecule has 1 aromatic rings. The van der Waals surface area contributed by atoms with E-state index in [0.29, 0.717) is 4.90 Å². The zero-order valence-electron chi connectivity index (χ0n) is 26.9. The first-order valence-corrected chi connectivity index (χ1v) is 15.8. The molecule has 2 unspecified atom stereocenters. The van der Waals surface area contributed by atoms with Crippen molar-refractivity contribution in [3.8, 4) is 5.75 Å². The number of amides is 7. The molecule has 3 aliphatic heterocycles. The van der Waals surface area contributed by atoms with Gasteiger partial charge in [0.2, 0.25) is 12.3 Å². The molecule has 0 aromatic heterocycles. The largest absolute Gasteiger partial charge is 0.508 e. The highest BCUT2D eigenvalue weighted by Gasteiger charge is 2.66. The SMILES string of the molecule is CCN1CCN(C(=O)NC(C(=O)N[C@H]2C(=O)N3C(C(=O)OC(C)(C)C)=C(COC(C)=O)CSC23NC=O)c2ccc(O)cc2)C(=O)C1=O. The number of carbonyl (C=O) groups excluding carboxylic acids is 8. The van der Waals surface area contributed by atoms with Gasteiger partial charge in [-0.25, -0.2) is 9.59 Å². The van der Waals surface area contributed by atoms with Crippen LogP contribution in [0.5, 0.6) is 5.75 Å². The van der Waals surface area contributed by atoms with Crippen LogP contribution < -0.4 is 16.0 Å². The Balaban J connectivity index is 1.65. The molecule has 17 nitrogen and oxygen atoms in total. The van der Waals surface area contributed by atoms with Crippen molar-refractivity contribution < 1.29 is 52.9 Å². The molecule has 2 fully saturated rings. The first kappa shape index (κ1) is 35.7.